The molecule has 26 nitrogen and oxygen atoms in total. The summed E-state index contributed by atoms with van der Waals surface area (Å²) < 4.78 is 102. The summed E-state index contributed by atoms with van der Waals surface area (Å²) in [5, 5.41) is 10.2. The van der Waals surface area contributed by atoms with Crippen molar-refractivity contribution in [2.45, 2.75) is 126 Å². The second-order valence-electron chi connectivity index (χ2n) is 19.0. The molecule has 4 aromatic carbocycles. The minimum atomic E-state index is -3.35. The van der Waals surface area contributed by atoms with Crippen LogP contribution in [0.5, 0.6) is 0 Å². The smallest absolute Gasteiger partial charge is 0.328 e. The third-order valence-electron chi connectivity index (χ3n) is 10.1. The SMILES string of the molecule is C.CCOC(=O)C(C)NP(C)(=O)NC(C)C(=O)OCC.CCOC(=O)C(C)NP(C)(=O)O.CCOC(=O)C(C)NP(C)(=O)OCc1ccccc1.CP(=O)(O)OCc1ccccc1.CP(=O)(OCc1ccccc1)OCc1ccccc1.[CH2-]C(N)C(=O)OCC.[Pr]. The summed E-state index contributed by atoms with van der Waals surface area (Å²) >= 11 is 0. The molecule has 0 aromatic heterocycles. The van der Waals surface area contributed by atoms with Crippen molar-refractivity contribution in [3.63, 3.8) is 0 Å². The molecule has 0 amide bonds. The third kappa shape index (κ3) is 53.3. The number of ether oxygens (including phenoxy) is 5. The van der Waals surface area contributed by atoms with Crippen LogP contribution in [0.25, 0.3) is 0 Å². The molecule has 515 valence electrons. The molecule has 0 saturated heterocycles. The largest absolute Gasteiger partial charge is 0.467 e. The summed E-state index contributed by atoms with van der Waals surface area (Å²) in [4.78, 5) is 73.2. The summed E-state index contributed by atoms with van der Waals surface area (Å²) in [6.07, 6.45) is 0. The monoisotopic (exact) mass is 1510 g/mol. The molecule has 8 unspecified atom stereocenters. The number of esters is 5. The summed E-state index contributed by atoms with van der Waals surface area (Å²) in [5.41, 5.74) is 8.82. The number of nitrogens with one attached hydrogen (secondary N) is 4. The van der Waals surface area contributed by atoms with Crippen molar-refractivity contribution in [2.75, 3.05) is 66.4 Å². The topological polar surface area (TPSA) is 368 Å². The Hall–Kier alpha value is -3.70. The number of hydrogen-bond acceptors (Lipinski definition) is 20. The van der Waals surface area contributed by atoms with Crippen LogP contribution < -0.4 is 26.1 Å². The van der Waals surface area contributed by atoms with Gasteiger partial charge in [0.1, 0.15) is 24.2 Å². The minimum Gasteiger partial charge on any atom is -0.467 e. The van der Waals surface area contributed by atoms with Gasteiger partial charge in [0.25, 0.3) is 21.0 Å². The van der Waals surface area contributed by atoms with Crippen LogP contribution in [0.15, 0.2) is 121 Å². The van der Waals surface area contributed by atoms with E-state index in [-0.39, 0.29) is 81.8 Å². The Kier molecular flexibility index (Phi) is 53.2. The molecule has 0 spiro atoms. The van der Waals surface area contributed by atoms with Crippen LogP contribution in [0.4, 0.5) is 0 Å². The molecule has 0 aliphatic carbocycles. The third-order valence-corrected chi connectivity index (χ3v) is 16.1. The molecule has 0 bridgehead atoms. The van der Waals surface area contributed by atoms with Gasteiger partial charge in [0, 0.05) is 74.6 Å². The molecule has 4 rings (SSSR count). The van der Waals surface area contributed by atoms with Gasteiger partial charge >= 0.3 is 39.1 Å². The van der Waals surface area contributed by atoms with Gasteiger partial charge in [-0.05, 0) is 90.6 Å². The molecule has 91 heavy (non-hydrogen) atoms. The van der Waals surface area contributed by atoms with Crippen LogP contribution in [0.1, 0.15) is 92.0 Å². The zero-order valence-electron chi connectivity index (χ0n) is 54.0. The Labute approximate surface area is 572 Å². The summed E-state index contributed by atoms with van der Waals surface area (Å²) in [6, 6.07) is 34.4. The van der Waals surface area contributed by atoms with Gasteiger partial charge in [0.05, 0.1) is 59.5 Å². The quantitative estimate of drug-likeness (QED) is 0.0110. The number of carbonyl (C=O) groups excluding carboxylic acids is 5. The van der Waals surface area contributed by atoms with E-state index < -0.39 is 97.7 Å². The van der Waals surface area contributed by atoms with Gasteiger partial charge < -0.3 is 64.2 Å². The fourth-order valence-corrected chi connectivity index (χ4v) is 11.3. The predicted octanol–water partition coefficient (Wildman–Crippen LogP) is 10.4. The zero-order chi connectivity index (χ0) is 68.3. The molecule has 1 radical (unpaired) electrons. The Morgan fingerprint density at radius 1 is 0.429 bits per heavy atom. The van der Waals surface area contributed by atoms with Gasteiger partial charge in [-0.3, -0.25) is 46.8 Å². The van der Waals surface area contributed by atoms with Crippen LogP contribution in [-0.2, 0) is 115 Å². The van der Waals surface area contributed by atoms with Crippen molar-refractivity contribution in [1.82, 2.24) is 20.3 Å². The van der Waals surface area contributed by atoms with Gasteiger partial charge in [0.15, 0.2) is 0 Å². The van der Waals surface area contributed by atoms with Crippen molar-refractivity contribution < 1.29 is 140 Å². The molecule has 8 atom stereocenters. The van der Waals surface area contributed by atoms with E-state index in [4.69, 9.17) is 47.8 Å². The van der Waals surface area contributed by atoms with Gasteiger partial charge in [-0.1, -0.05) is 129 Å². The molecular formula is C59H99N5O21P5Pr-. The van der Waals surface area contributed by atoms with E-state index in [0.29, 0.717) is 26.4 Å². The number of hydrogen-bond donors (Lipinski definition) is 7. The molecule has 4 aromatic rings. The summed E-state index contributed by atoms with van der Waals surface area (Å²) in [7, 11) is -15.8. The number of benzene rings is 4. The van der Waals surface area contributed by atoms with E-state index in [1.165, 1.54) is 33.6 Å². The van der Waals surface area contributed by atoms with E-state index in [9.17, 15) is 46.8 Å². The molecule has 0 aliphatic rings. The van der Waals surface area contributed by atoms with Gasteiger partial charge in [-0.2, -0.15) is 0 Å². The zero-order valence-corrected chi connectivity index (χ0v) is 62.2. The number of rotatable bonds is 30. The average Bonchev–Trinajstić information content (AvgIpc) is 3.65. The van der Waals surface area contributed by atoms with Crippen LogP contribution in [0.3, 0.4) is 0 Å². The van der Waals surface area contributed by atoms with Crippen molar-refractivity contribution in [3.05, 3.63) is 151 Å². The Balaban J connectivity index is -0.000000508. The fraction of sp³-hybridized carbons (Fsp3) is 0.492. The minimum absolute atomic E-state index is 0. The number of nitrogens with two attached hydrogens (primary N) is 1. The first-order valence-electron chi connectivity index (χ1n) is 28.1. The second-order valence-corrected chi connectivity index (χ2v) is 29.5. The van der Waals surface area contributed by atoms with Crippen LogP contribution in [0, 0.1) is 48.2 Å². The maximum atomic E-state index is 12.2. The molecule has 0 saturated carbocycles. The first kappa shape index (κ1) is 93.7. The Bertz CT molecular complexity index is 2790. The Morgan fingerprint density at radius 3 is 0.912 bits per heavy atom. The standard InChI is InChI=1S/C15H17O3P.C13H20NO4P.C11H23N2O5P.C8H11O3P.C6H14NO4P.C5H10NO2.CH4.Pr/c1-19(16,17-12-14-8-4-2-5-9-14)18-13-15-10-6-3-7-11-15;1-4-17-13(15)11(2)14-19(3,16)18-10-12-8-6-5-7-9-12;1-6-17-10(14)8(3)12-19(5,16)13-9(4)11(15)18-7-2;1-12(9,10)11-7-8-5-3-2-4-6-8;1-4-11-6(8)5(2)7-12(3,9)10;1-3-8-5(7)4(2)6;;/h2-11H,12-13H2,1H3;5-9,11H,4,10H2,1-3H3,(H,14,16);8-9H,6-7H2,1-5H3,(H2,12,13,16);2-6H,7H2,1H3,(H,9,10);5H,4H2,1-3H3,(H2,7,9,10);4H,2-3,6H2,1H3;1H4;/q;;;;;-1;;. The van der Waals surface area contributed by atoms with Gasteiger partial charge in [0.2, 0.25) is 7.44 Å². The normalized spacial score (nSPS) is 14.7. The molecular weight excluding hydrogens is 1410 g/mol. The molecule has 8 N–H and O–H groups in total. The molecule has 32 heteroatoms. The van der Waals surface area contributed by atoms with Crippen molar-refractivity contribution in [3.8, 4) is 0 Å². The average molecular weight is 1510 g/mol. The van der Waals surface area contributed by atoms with Gasteiger partial charge in [-0.15, -0.1) is 0 Å². The Morgan fingerprint density at radius 2 is 0.670 bits per heavy atom. The summed E-state index contributed by atoms with van der Waals surface area (Å²) in [6.45, 7) is 27.0. The maximum Gasteiger partial charge on any atom is 0.328 e. The van der Waals surface area contributed by atoms with Crippen LogP contribution in [-0.4, -0.2) is 136 Å². The van der Waals surface area contributed by atoms with Crippen molar-refractivity contribution in [1.29, 1.82) is 0 Å². The first-order chi connectivity index (χ1) is 41.5. The van der Waals surface area contributed by atoms with Crippen molar-refractivity contribution in [2.24, 2.45) is 5.73 Å². The summed E-state index contributed by atoms with van der Waals surface area (Å²) in [5.74, 6) is -2.39. The van der Waals surface area contributed by atoms with E-state index >= 15 is 0 Å². The first-order valence-corrected chi connectivity index (χ1v) is 38.4. The maximum absolute atomic E-state index is 12.2. The second kappa shape index (κ2) is 51.6. The van der Waals surface area contributed by atoms with E-state index in [1.807, 2.05) is 121 Å². The molecule has 0 heterocycles. The van der Waals surface area contributed by atoms with E-state index in [1.54, 1.807) is 55.4 Å². The number of carbonyl (C=O) groups is 5. The van der Waals surface area contributed by atoms with E-state index in [0.717, 1.165) is 28.9 Å². The van der Waals surface area contributed by atoms with Gasteiger partial charge in [-0.25, -0.2) is 20.3 Å². The predicted molar refractivity (Wildman–Crippen MR) is 351 cm³/mol. The van der Waals surface area contributed by atoms with E-state index in [2.05, 4.69) is 36.7 Å². The van der Waals surface area contributed by atoms with Crippen LogP contribution >= 0.6 is 37.7 Å². The molecule has 0 fully saturated rings. The van der Waals surface area contributed by atoms with Crippen LogP contribution in [0.2, 0.25) is 0 Å². The fourth-order valence-electron chi connectivity index (χ4n) is 6.16. The molecule has 0 aliphatic heterocycles. The van der Waals surface area contributed by atoms with Crippen molar-refractivity contribution >= 4 is 67.5 Å².